The predicted octanol–water partition coefficient (Wildman–Crippen LogP) is 2.59. The third-order valence-corrected chi connectivity index (χ3v) is 5.21. The maximum absolute atomic E-state index is 10.3. The van der Waals surface area contributed by atoms with Crippen molar-refractivity contribution in [2.45, 2.75) is 51.2 Å². The molecule has 2 N–H and O–H groups in total. The van der Waals surface area contributed by atoms with Gasteiger partial charge in [0, 0.05) is 25.3 Å². The van der Waals surface area contributed by atoms with E-state index in [1.54, 1.807) is 0 Å². The van der Waals surface area contributed by atoms with Gasteiger partial charge in [0.15, 0.2) is 0 Å². The Morgan fingerprint density at radius 3 is 2.74 bits per heavy atom. The monoisotopic (exact) mass is 319 g/mol. The second-order valence-corrected chi connectivity index (χ2v) is 7.16. The Morgan fingerprint density at radius 2 is 2.04 bits per heavy atom. The van der Waals surface area contributed by atoms with E-state index in [4.69, 9.17) is 9.47 Å². The van der Waals surface area contributed by atoms with Gasteiger partial charge >= 0.3 is 0 Å². The zero-order chi connectivity index (χ0) is 16.3. The molecule has 0 aromatic heterocycles. The van der Waals surface area contributed by atoms with E-state index in [0.717, 1.165) is 43.3 Å². The molecule has 4 heteroatoms. The summed E-state index contributed by atoms with van der Waals surface area (Å²) in [5, 5.41) is 13.9. The minimum atomic E-state index is -0.492. The number of β-amino-alcohol motifs (C(OH)–C–C–N with tert-alkyl or cyclic N) is 1. The molecule has 128 valence electrons. The van der Waals surface area contributed by atoms with Crippen LogP contribution in [-0.4, -0.2) is 43.1 Å². The number of nitrogens with one attached hydrogen (secondary N) is 1. The van der Waals surface area contributed by atoms with Crippen LogP contribution in [0.3, 0.4) is 0 Å². The van der Waals surface area contributed by atoms with Gasteiger partial charge in [-0.2, -0.15) is 0 Å². The topological polar surface area (TPSA) is 50.7 Å². The summed E-state index contributed by atoms with van der Waals surface area (Å²) in [6, 6.07) is 6.16. The molecule has 2 aliphatic rings. The lowest BCUT2D eigenvalue weighted by molar-refractivity contribution is 0.0184. The van der Waals surface area contributed by atoms with Crippen molar-refractivity contribution in [3.8, 4) is 5.75 Å². The third-order valence-electron chi connectivity index (χ3n) is 5.21. The van der Waals surface area contributed by atoms with E-state index in [9.17, 15) is 5.11 Å². The van der Waals surface area contributed by atoms with Crippen LogP contribution in [0.25, 0.3) is 0 Å². The summed E-state index contributed by atoms with van der Waals surface area (Å²) in [6.07, 6.45) is 4.24. The van der Waals surface area contributed by atoms with E-state index in [1.807, 2.05) is 13.0 Å². The fraction of sp³-hybridized carbons (Fsp3) is 0.684. The summed E-state index contributed by atoms with van der Waals surface area (Å²) in [7, 11) is 0. The Balaban J connectivity index is 1.49. The molecule has 2 fully saturated rings. The molecule has 1 unspecified atom stereocenters. The smallest absolute Gasteiger partial charge is 0.122 e. The maximum atomic E-state index is 10.3. The second kappa shape index (κ2) is 7.20. The van der Waals surface area contributed by atoms with Gasteiger partial charge in [0.1, 0.15) is 18.5 Å². The molecular formula is C19H29NO3. The lowest BCUT2D eigenvalue weighted by Crippen LogP contribution is -2.53. The summed E-state index contributed by atoms with van der Waals surface area (Å²) >= 11 is 0. The molecule has 0 spiro atoms. The first kappa shape index (κ1) is 16.7. The van der Waals surface area contributed by atoms with Gasteiger partial charge in [0.2, 0.25) is 0 Å². The molecule has 4 nitrogen and oxygen atoms in total. The highest BCUT2D eigenvalue weighted by molar-refractivity contribution is 5.35. The molecular weight excluding hydrogens is 290 g/mol. The van der Waals surface area contributed by atoms with Crippen molar-refractivity contribution >= 4 is 0 Å². The Morgan fingerprint density at radius 1 is 1.30 bits per heavy atom. The largest absolute Gasteiger partial charge is 0.491 e. The van der Waals surface area contributed by atoms with Crippen LogP contribution in [-0.2, 0) is 4.74 Å². The standard InChI is InChI=1S/C19H29NO3/c1-14-3-4-15(2)18(11-14)23-13-17(21)12-20-19(16-5-6-16)7-9-22-10-8-19/h3-4,11,16-17,20-21H,5-10,12-13H2,1-2H3. The lowest BCUT2D eigenvalue weighted by Gasteiger charge is -2.39. The van der Waals surface area contributed by atoms with Crippen molar-refractivity contribution in [1.29, 1.82) is 0 Å². The number of ether oxygens (including phenoxy) is 2. The third kappa shape index (κ3) is 4.25. The van der Waals surface area contributed by atoms with Crippen molar-refractivity contribution in [3.05, 3.63) is 29.3 Å². The van der Waals surface area contributed by atoms with Crippen molar-refractivity contribution in [2.75, 3.05) is 26.4 Å². The summed E-state index contributed by atoms with van der Waals surface area (Å²) in [5.74, 6) is 1.63. The summed E-state index contributed by atoms with van der Waals surface area (Å²) in [5.41, 5.74) is 2.46. The highest BCUT2D eigenvalue weighted by Crippen LogP contribution is 2.44. The Kier molecular flexibility index (Phi) is 5.24. The van der Waals surface area contributed by atoms with Gasteiger partial charge < -0.3 is 19.9 Å². The first-order valence-electron chi connectivity index (χ1n) is 8.80. The average molecular weight is 319 g/mol. The molecule has 0 amide bonds. The van der Waals surface area contributed by atoms with Gasteiger partial charge in [-0.3, -0.25) is 0 Å². The van der Waals surface area contributed by atoms with Gasteiger partial charge in [-0.15, -0.1) is 0 Å². The molecule has 1 aromatic carbocycles. The number of aliphatic hydroxyl groups is 1. The number of rotatable bonds is 7. The zero-order valence-corrected chi connectivity index (χ0v) is 14.3. The molecule has 1 saturated carbocycles. The predicted molar refractivity (Wildman–Crippen MR) is 90.9 cm³/mol. The molecule has 0 bridgehead atoms. The van der Waals surface area contributed by atoms with Gasteiger partial charge in [0.05, 0.1) is 0 Å². The Hall–Kier alpha value is -1.10. The van der Waals surface area contributed by atoms with Crippen molar-refractivity contribution < 1.29 is 14.6 Å². The van der Waals surface area contributed by atoms with E-state index in [-0.39, 0.29) is 5.54 Å². The van der Waals surface area contributed by atoms with Crippen LogP contribution >= 0.6 is 0 Å². The van der Waals surface area contributed by atoms with Crippen LogP contribution in [0.5, 0.6) is 5.75 Å². The van der Waals surface area contributed by atoms with Crippen molar-refractivity contribution in [1.82, 2.24) is 5.32 Å². The SMILES string of the molecule is Cc1ccc(C)c(OCC(O)CNC2(C3CC3)CCOCC2)c1. The minimum absolute atomic E-state index is 0.179. The molecule has 1 aliphatic carbocycles. The average Bonchev–Trinajstić information content (AvgIpc) is 3.40. The zero-order valence-electron chi connectivity index (χ0n) is 14.3. The highest BCUT2D eigenvalue weighted by atomic mass is 16.5. The second-order valence-electron chi connectivity index (χ2n) is 7.16. The first-order valence-corrected chi connectivity index (χ1v) is 8.80. The quantitative estimate of drug-likeness (QED) is 0.811. The minimum Gasteiger partial charge on any atom is -0.491 e. The molecule has 0 radical (unpaired) electrons. The molecule has 1 heterocycles. The summed E-state index contributed by atoms with van der Waals surface area (Å²) in [4.78, 5) is 0. The summed E-state index contributed by atoms with van der Waals surface area (Å²) in [6.45, 7) is 6.66. The maximum Gasteiger partial charge on any atom is 0.122 e. The van der Waals surface area contributed by atoms with E-state index in [2.05, 4.69) is 24.4 Å². The number of hydrogen-bond acceptors (Lipinski definition) is 4. The molecule has 3 rings (SSSR count). The highest BCUT2D eigenvalue weighted by Gasteiger charge is 2.45. The van der Waals surface area contributed by atoms with Gasteiger partial charge in [-0.05, 0) is 62.6 Å². The van der Waals surface area contributed by atoms with Crippen LogP contribution in [0.2, 0.25) is 0 Å². The number of aliphatic hydroxyl groups excluding tert-OH is 1. The fourth-order valence-corrected chi connectivity index (χ4v) is 3.53. The fourth-order valence-electron chi connectivity index (χ4n) is 3.53. The molecule has 1 atom stereocenters. The Labute approximate surface area is 139 Å². The van der Waals surface area contributed by atoms with Gasteiger partial charge in [-0.25, -0.2) is 0 Å². The lowest BCUT2D eigenvalue weighted by atomic mass is 9.84. The van der Waals surface area contributed by atoms with E-state index >= 15 is 0 Å². The van der Waals surface area contributed by atoms with Crippen LogP contribution in [0.1, 0.15) is 36.8 Å². The van der Waals surface area contributed by atoms with Crippen LogP contribution < -0.4 is 10.1 Å². The number of hydrogen-bond donors (Lipinski definition) is 2. The summed E-state index contributed by atoms with van der Waals surface area (Å²) < 4.78 is 11.3. The molecule has 1 saturated heterocycles. The molecule has 1 aliphatic heterocycles. The van der Waals surface area contributed by atoms with Gasteiger partial charge in [-0.1, -0.05) is 12.1 Å². The van der Waals surface area contributed by atoms with E-state index in [0.29, 0.717) is 13.2 Å². The number of benzene rings is 1. The van der Waals surface area contributed by atoms with Crippen LogP contribution in [0, 0.1) is 19.8 Å². The number of aryl methyl sites for hydroxylation is 2. The van der Waals surface area contributed by atoms with E-state index in [1.165, 1.54) is 18.4 Å². The first-order chi connectivity index (χ1) is 11.1. The normalized spacial score (nSPS) is 21.9. The van der Waals surface area contributed by atoms with Crippen molar-refractivity contribution in [2.24, 2.45) is 5.92 Å². The van der Waals surface area contributed by atoms with Crippen molar-refractivity contribution in [3.63, 3.8) is 0 Å². The molecule has 23 heavy (non-hydrogen) atoms. The van der Waals surface area contributed by atoms with E-state index < -0.39 is 6.10 Å². The van der Waals surface area contributed by atoms with Crippen LogP contribution in [0.4, 0.5) is 0 Å². The Bertz CT molecular complexity index is 521. The van der Waals surface area contributed by atoms with Crippen LogP contribution in [0.15, 0.2) is 18.2 Å². The van der Waals surface area contributed by atoms with Gasteiger partial charge in [0.25, 0.3) is 0 Å². The molecule has 1 aromatic rings.